The van der Waals surface area contributed by atoms with Crippen molar-refractivity contribution in [3.05, 3.63) is 39.4 Å². The van der Waals surface area contributed by atoms with Crippen LogP contribution in [0.25, 0.3) is 0 Å². The number of aliphatic carboxylic acids is 1. The van der Waals surface area contributed by atoms with Crippen LogP contribution in [0, 0.1) is 17.0 Å². The monoisotopic (exact) mass is 252 g/mol. The summed E-state index contributed by atoms with van der Waals surface area (Å²) in [4.78, 5) is 32.3. The molecule has 1 atom stereocenters. The molecule has 0 radical (unpaired) electrons. The van der Waals surface area contributed by atoms with Gasteiger partial charge in [0, 0.05) is 17.7 Å². The molecule has 96 valence electrons. The summed E-state index contributed by atoms with van der Waals surface area (Å²) in [5, 5.41) is 21.5. The summed E-state index contributed by atoms with van der Waals surface area (Å²) in [5.74, 6) is -1.83. The standard InChI is InChI=1S/C11H12N2O5/c1-6-3-8(5-9(4-6)13(17)18)10(14)12-7(2)11(15)16/h3-5,7H,1-2H3,(H,12,14)(H,15,16)/t7-/m1/s1. The van der Waals surface area contributed by atoms with E-state index in [9.17, 15) is 19.7 Å². The Morgan fingerprint density at radius 3 is 2.50 bits per heavy atom. The van der Waals surface area contributed by atoms with Gasteiger partial charge >= 0.3 is 5.97 Å². The number of carbonyl (C=O) groups excluding carboxylic acids is 1. The summed E-state index contributed by atoms with van der Waals surface area (Å²) in [7, 11) is 0. The highest BCUT2D eigenvalue weighted by atomic mass is 16.6. The van der Waals surface area contributed by atoms with Crippen molar-refractivity contribution in [1.82, 2.24) is 5.32 Å². The molecule has 0 fully saturated rings. The molecule has 1 rings (SSSR count). The third-order valence-electron chi connectivity index (χ3n) is 2.25. The largest absolute Gasteiger partial charge is 0.480 e. The lowest BCUT2D eigenvalue weighted by molar-refractivity contribution is -0.384. The van der Waals surface area contributed by atoms with Crippen LogP contribution in [-0.2, 0) is 4.79 Å². The minimum atomic E-state index is -1.18. The molecule has 0 aliphatic rings. The number of nitro groups is 1. The minimum Gasteiger partial charge on any atom is -0.480 e. The molecule has 0 heterocycles. The molecule has 0 bridgehead atoms. The molecule has 0 aromatic heterocycles. The molecule has 1 aromatic rings. The lowest BCUT2D eigenvalue weighted by Crippen LogP contribution is -2.38. The highest BCUT2D eigenvalue weighted by molar-refractivity contribution is 5.97. The number of carboxylic acid groups (broad SMARTS) is 1. The van der Waals surface area contributed by atoms with Crippen molar-refractivity contribution >= 4 is 17.6 Å². The first-order valence-corrected chi connectivity index (χ1v) is 5.11. The Labute approximate surface area is 103 Å². The van der Waals surface area contributed by atoms with Crippen molar-refractivity contribution in [1.29, 1.82) is 0 Å². The van der Waals surface area contributed by atoms with Crippen LogP contribution in [0.1, 0.15) is 22.8 Å². The fourth-order valence-corrected chi connectivity index (χ4v) is 1.34. The van der Waals surface area contributed by atoms with Crippen molar-refractivity contribution in [3.63, 3.8) is 0 Å². The second-order valence-electron chi connectivity index (χ2n) is 3.85. The number of hydrogen-bond donors (Lipinski definition) is 2. The van der Waals surface area contributed by atoms with Crippen LogP contribution in [0.2, 0.25) is 0 Å². The highest BCUT2D eigenvalue weighted by Crippen LogP contribution is 2.16. The number of nitrogens with zero attached hydrogens (tertiary/aromatic N) is 1. The summed E-state index contributed by atoms with van der Waals surface area (Å²) in [6.45, 7) is 2.93. The number of aryl methyl sites for hydroxylation is 1. The van der Waals surface area contributed by atoms with Crippen LogP contribution in [0.3, 0.4) is 0 Å². The first kappa shape index (κ1) is 13.6. The van der Waals surface area contributed by atoms with E-state index in [1.54, 1.807) is 6.92 Å². The van der Waals surface area contributed by atoms with Crippen molar-refractivity contribution in [2.75, 3.05) is 0 Å². The maximum Gasteiger partial charge on any atom is 0.325 e. The Kier molecular flexibility index (Phi) is 3.98. The van der Waals surface area contributed by atoms with E-state index >= 15 is 0 Å². The quantitative estimate of drug-likeness (QED) is 0.616. The summed E-state index contributed by atoms with van der Waals surface area (Å²) in [6.07, 6.45) is 0. The Balaban J connectivity index is 2.99. The lowest BCUT2D eigenvalue weighted by Gasteiger charge is -2.09. The van der Waals surface area contributed by atoms with Gasteiger partial charge in [-0.05, 0) is 25.5 Å². The fourth-order valence-electron chi connectivity index (χ4n) is 1.34. The third-order valence-corrected chi connectivity index (χ3v) is 2.25. The molecule has 0 saturated heterocycles. The normalized spacial score (nSPS) is 11.7. The second-order valence-corrected chi connectivity index (χ2v) is 3.85. The molecule has 18 heavy (non-hydrogen) atoms. The van der Waals surface area contributed by atoms with Crippen LogP contribution >= 0.6 is 0 Å². The average Bonchev–Trinajstić information content (AvgIpc) is 2.27. The summed E-state index contributed by atoms with van der Waals surface area (Å²) in [6, 6.07) is 2.84. The third kappa shape index (κ3) is 3.27. The van der Waals surface area contributed by atoms with E-state index in [1.165, 1.54) is 19.1 Å². The van der Waals surface area contributed by atoms with Gasteiger partial charge in [-0.25, -0.2) is 0 Å². The highest BCUT2D eigenvalue weighted by Gasteiger charge is 2.17. The number of carbonyl (C=O) groups is 2. The molecule has 1 aromatic carbocycles. The van der Waals surface area contributed by atoms with E-state index in [0.717, 1.165) is 6.07 Å². The van der Waals surface area contributed by atoms with E-state index in [4.69, 9.17) is 5.11 Å². The Hall–Kier alpha value is -2.44. The van der Waals surface area contributed by atoms with Crippen molar-refractivity contribution in [2.24, 2.45) is 0 Å². The van der Waals surface area contributed by atoms with E-state index in [-0.39, 0.29) is 11.3 Å². The van der Waals surface area contributed by atoms with E-state index < -0.39 is 22.8 Å². The Morgan fingerprint density at radius 2 is 2.00 bits per heavy atom. The van der Waals surface area contributed by atoms with Crippen LogP contribution in [0.5, 0.6) is 0 Å². The Bertz CT molecular complexity index is 512. The molecule has 0 aliphatic heterocycles. The number of carboxylic acids is 1. The predicted molar refractivity (Wildman–Crippen MR) is 62.4 cm³/mol. The lowest BCUT2D eigenvalue weighted by atomic mass is 10.1. The number of rotatable bonds is 4. The molecule has 0 aliphatic carbocycles. The van der Waals surface area contributed by atoms with Crippen LogP contribution in [0.15, 0.2) is 18.2 Å². The molecule has 0 spiro atoms. The zero-order valence-electron chi connectivity index (χ0n) is 9.84. The number of benzene rings is 1. The first-order chi connectivity index (χ1) is 8.31. The molecule has 0 saturated carbocycles. The molecule has 7 heteroatoms. The van der Waals surface area contributed by atoms with Gasteiger partial charge in [-0.2, -0.15) is 0 Å². The number of amides is 1. The smallest absolute Gasteiger partial charge is 0.325 e. The van der Waals surface area contributed by atoms with E-state index in [0.29, 0.717) is 5.56 Å². The van der Waals surface area contributed by atoms with E-state index in [1.807, 2.05) is 0 Å². The molecular formula is C11H12N2O5. The van der Waals surface area contributed by atoms with Gasteiger partial charge in [0.25, 0.3) is 11.6 Å². The van der Waals surface area contributed by atoms with Crippen molar-refractivity contribution < 1.29 is 19.6 Å². The fraction of sp³-hybridized carbons (Fsp3) is 0.273. The van der Waals surface area contributed by atoms with Gasteiger partial charge in [0.1, 0.15) is 6.04 Å². The molecular weight excluding hydrogens is 240 g/mol. The Morgan fingerprint density at radius 1 is 1.39 bits per heavy atom. The second kappa shape index (κ2) is 5.26. The topological polar surface area (TPSA) is 110 Å². The first-order valence-electron chi connectivity index (χ1n) is 5.11. The zero-order valence-corrected chi connectivity index (χ0v) is 9.84. The van der Waals surface area contributed by atoms with Crippen molar-refractivity contribution in [3.8, 4) is 0 Å². The molecule has 7 nitrogen and oxygen atoms in total. The minimum absolute atomic E-state index is 0.0646. The van der Waals surface area contributed by atoms with Crippen LogP contribution in [-0.4, -0.2) is 27.9 Å². The molecule has 2 N–H and O–H groups in total. The van der Waals surface area contributed by atoms with Gasteiger partial charge in [-0.1, -0.05) is 0 Å². The average molecular weight is 252 g/mol. The zero-order chi connectivity index (χ0) is 13.9. The van der Waals surface area contributed by atoms with Crippen LogP contribution in [0.4, 0.5) is 5.69 Å². The van der Waals surface area contributed by atoms with Crippen molar-refractivity contribution in [2.45, 2.75) is 19.9 Å². The number of hydrogen-bond acceptors (Lipinski definition) is 4. The van der Waals surface area contributed by atoms with Crippen LogP contribution < -0.4 is 5.32 Å². The predicted octanol–water partition coefficient (Wildman–Crippen LogP) is 1.11. The van der Waals surface area contributed by atoms with Gasteiger partial charge in [0.05, 0.1) is 4.92 Å². The summed E-state index contributed by atoms with van der Waals surface area (Å²) in [5.41, 5.74) is 0.412. The molecule has 1 amide bonds. The maximum absolute atomic E-state index is 11.7. The number of non-ortho nitro benzene ring substituents is 1. The number of nitrogens with one attached hydrogen (secondary N) is 1. The molecule has 0 unspecified atom stereocenters. The van der Waals surface area contributed by atoms with Gasteiger partial charge in [-0.15, -0.1) is 0 Å². The van der Waals surface area contributed by atoms with Gasteiger partial charge in [-0.3, -0.25) is 19.7 Å². The number of nitro benzene ring substituents is 1. The maximum atomic E-state index is 11.7. The van der Waals surface area contributed by atoms with E-state index in [2.05, 4.69) is 5.32 Å². The summed E-state index contributed by atoms with van der Waals surface area (Å²) >= 11 is 0. The van der Waals surface area contributed by atoms with Gasteiger partial charge in [0.2, 0.25) is 0 Å². The summed E-state index contributed by atoms with van der Waals surface area (Å²) < 4.78 is 0. The van der Waals surface area contributed by atoms with Gasteiger partial charge in [0.15, 0.2) is 0 Å². The van der Waals surface area contributed by atoms with Gasteiger partial charge < -0.3 is 10.4 Å². The SMILES string of the molecule is Cc1cc(C(=O)N[C@H](C)C(=O)O)cc([N+](=O)[O-])c1.